The van der Waals surface area contributed by atoms with E-state index < -0.39 is 0 Å². The normalized spacial score (nSPS) is 18.0. The Kier molecular flexibility index (Phi) is 5.87. The number of nitrogens with zero attached hydrogens (tertiary/aromatic N) is 6. The summed E-state index contributed by atoms with van der Waals surface area (Å²) < 4.78 is 5.42. The number of hydrogen-bond acceptors (Lipinski definition) is 9. The van der Waals surface area contributed by atoms with Crippen molar-refractivity contribution in [2.24, 2.45) is 0 Å². The van der Waals surface area contributed by atoms with E-state index >= 15 is 0 Å². The van der Waals surface area contributed by atoms with Gasteiger partial charge in [-0.15, -0.1) is 0 Å². The van der Waals surface area contributed by atoms with Gasteiger partial charge in [0.05, 0.1) is 36.9 Å². The Labute approximate surface area is 186 Å². The Morgan fingerprint density at radius 2 is 1.84 bits per heavy atom. The first-order chi connectivity index (χ1) is 15.7. The maximum atomic E-state index is 12.6. The van der Waals surface area contributed by atoms with E-state index in [2.05, 4.69) is 42.0 Å². The van der Waals surface area contributed by atoms with E-state index in [0.29, 0.717) is 29.9 Å². The van der Waals surface area contributed by atoms with Gasteiger partial charge >= 0.3 is 0 Å². The second-order valence-electron chi connectivity index (χ2n) is 8.23. The number of aromatic nitrogens is 4. The van der Waals surface area contributed by atoms with Crippen molar-refractivity contribution in [2.45, 2.75) is 6.42 Å². The fourth-order valence-electron chi connectivity index (χ4n) is 4.18. The van der Waals surface area contributed by atoms with Crippen molar-refractivity contribution in [3.8, 4) is 0 Å². The first kappa shape index (κ1) is 20.7. The average Bonchev–Trinajstić information content (AvgIpc) is 3.04. The highest BCUT2D eigenvalue weighted by atomic mass is 16.5. The van der Waals surface area contributed by atoms with E-state index in [0.717, 1.165) is 63.0 Å². The summed E-state index contributed by atoms with van der Waals surface area (Å²) in [4.78, 5) is 35.9. The van der Waals surface area contributed by atoms with Gasteiger partial charge in [-0.25, -0.2) is 15.0 Å². The maximum absolute atomic E-state index is 12.6. The second-order valence-corrected chi connectivity index (χ2v) is 8.23. The molecule has 2 N–H and O–H groups in total. The van der Waals surface area contributed by atoms with Crippen LogP contribution in [0.1, 0.15) is 6.42 Å². The molecule has 0 amide bonds. The predicted octanol–water partition coefficient (Wildman–Crippen LogP) is 1.44. The van der Waals surface area contributed by atoms with Gasteiger partial charge in [-0.3, -0.25) is 4.79 Å². The second kappa shape index (κ2) is 9.09. The molecule has 0 radical (unpaired) electrons. The van der Waals surface area contributed by atoms with Gasteiger partial charge in [-0.05, 0) is 32.1 Å². The van der Waals surface area contributed by atoms with Crippen LogP contribution in [0.15, 0.2) is 35.5 Å². The molecule has 10 nitrogen and oxygen atoms in total. The average molecular weight is 437 g/mol. The summed E-state index contributed by atoms with van der Waals surface area (Å²) in [5, 5.41) is 3.75. The van der Waals surface area contributed by atoms with Crippen molar-refractivity contribution < 1.29 is 4.74 Å². The number of rotatable bonds is 4. The molecule has 0 aromatic carbocycles. The standard InChI is InChI=1S/C22H28N8O2/c1-28-5-2-6-29(8-7-28)19-13-17-20(22(31)25-15-24-17)21(27-19)26-16-3-4-18(23-14-16)30-9-11-32-12-10-30/h3-4,13-15H,2,5-12H2,1H3,(H,26,27)(H,24,25,31). The Hall–Kier alpha value is -3.24. The molecular weight excluding hydrogens is 408 g/mol. The van der Waals surface area contributed by atoms with Crippen LogP contribution in [0, 0.1) is 0 Å². The van der Waals surface area contributed by atoms with Crippen molar-refractivity contribution in [3.05, 3.63) is 41.1 Å². The molecule has 3 aromatic heterocycles. The highest BCUT2D eigenvalue weighted by Gasteiger charge is 2.18. The number of morpholine rings is 1. The largest absolute Gasteiger partial charge is 0.378 e. The van der Waals surface area contributed by atoms with Gasteiger partial charge in [0.15, 0.2) is 0 Å². The molecule has 0 atom stereocenters. The fraction of sp³-hybridized carbons (Fsp3) is 0.455. The molecule has 0 aliphatic carbocycles. The van der Waals surface area contributed by atoms with Crippen LogP contribution in [0.2, 0.25) is 0 Å². The zero-order valence-corrected chi connectivity index (χ0v) is 18.3. The van der Waals surface area contributed by atoms with Crippen LogP contribution in [-0.4, -0.2) is 84.4 Å². The van der Waals surface area contributed by atoms with E-state index in [9.17, 15) is 4.79 Å². The minimum absolute atomic E-state index is 0.218. The predicted molar refractivity (Wildman–Crippen MR) is 125 cm³/mol. The third kappa shape index (κ3) is 4.37. The van der Waals surface area contributed by atoms with Crippen LogP contribution in [-0.2, 0) is 4.74 Å². The van der Waals surface area contributed by atoms with E-state index in [1.54, 1.807) is 6.20 Å². The lowest BCUT2D eigenvalue weighted by atomic mass is 10.2. The number of likely N-dealkylation sites (N-methyl/N-ethyl adjacent to an activating group) is 1. The van der Waals surface area contributed by atoms with Crippen LogP contribution in [0.5, 0.6) is 0 Å². The van der Waals surface area contributed by atoms with Crippen LogP contribution in [0.25, 0.3) is 10.9 Å². The van der Waals surface area contributed by atoms with Crippen molar-refractivity contribution in [1.82, 2.24) is 24.8 Å². The minimum Gasteiger partial charge on any atom is -0.378 e. The Morgan fingerprint density at radius 1 is 1.00 bits per heavy atom. The first-order valence-corrected chi connectivity index (χ1v) is 11.0. The van der Waals surface area contributed by atoms with Crippen LogP contribution < -0.4 is 20.7 Å². The third-order valence-corrected chi connectivity index (χ3v) is 6.00. The molecular formula is C22H28N8O2. The van der Waals surface area contributed by atoms with Crippen molar-refractivity contribution >= 4 is 34.0 Å². The lowest BCUT2D eigenvalue weighted by Crippen LogP contribution is -2.36. The van der Waals surface area contributed by atoms with Crippen LogP contribution in [0.4, 0.5) is 23.1 Å². The molecule has 5 rings (SSSR count). The van der Waals surface area contributed by atoms with E-state index in [4.69, 9.17) is 9.72 Å². The van der Waals surface area contributed by atoms with Gasteiger partial charge in [-0.1, -0.05) is 0 Å². The molecule has 2 aliphatic rings. The highest BCUT2D eigenvalue weighted by molar-refractivity contribution is 5.92. The molecule has 2 fully saturated rings. The molecule has 2 aliphatic heterocycles. The van der Waals surface area contributed by atoms with E-state index in [-0.39, 0.29) is 5.56 Å². The maximum Gasteiger partial charge on any atom is 0.262 e. The zero-order chi connectivity index (χ0) is 21.9. The molecule has 32 heavy (non-hydrogen) atoms. The van der Waals surface area contributed by atoms with Gasteiger partial charge in [0.1, 0.15) is 22.8 Å². The molecule has 0 spiro atoms. The SMILES string of the molecule is CN1CCCN(c2cc3nc[nH]c(=O)c3c(Nc3ccc(N4CCOCC4)nc3)n2)CC1. The monoisotopic (exact) mass is 436 g/mol. The summed E-state index contributed by atoms with van der Waals surface area (Å²) in [6.07, 6.45) is 4.28. The number of nitrogens with one attached hydrogen (secondary N) is 2. The zero-order valence-electron chi connectivity index (χ0n) is 18.3. The summed E-state index contributed by atoms with van der Waals surface area (Å²) in [5.41, 5.74) is 1.17. The third-order valence-electron chi connectivity index (χ3n) is 6.00. The Bertz CT molecular complexity index is 1130. The van der Waals surface area contributed by atoms with Gasteiger partial charge in [0.2, 0.25) is 0 Å². The van der Waals surface area contributed by atoms with Gasteiger partial charge in [0, 0.05) is 38.8 Å². The highest BCUT2D eigenvalue weighted by Crippen LogP contribution is 2.26. The number of pyridine rings is 2. The van der Waals surface area contributed by atoms with Gasteiger partial charge < -0.3 is 29.7 Å². The van der Waals surface area contributed by atoms with Crippen molar-refractivity contribution in [3.63, 3.8) is 0 Å². The number of fused-ring (bicyclic) bond motifs is 1. The smallest absolute Gasteiger partial charge is 0.262 e. The van der Waals surface area contributed by atoms with Gasteiger partial charge in [0.25, 0.3) is 5.56 Å². The molecule has 10 heteroatoms. The summed E-state index contributed by atoms with van der Waals surface area (Å²) in [6.45, 7) is 6.93. The van der Waals surface area contributed by atoms with Crippen LogP contribution >= 0.6 is 0 Å². The fourth-order valence-corrected chi connectivity index (χ4v) is 4.18. The van der Waals surface area contributed by atoms with E-state index in [1.807, 2.05) is 18.2 Å². The number of ether oxygens (including phenoxy) is 1. The lowest BCUT2D eigenvalue weighted by molar-refractivity contribution is 0.122. The molecule has 5 heterocycles. The number of anilines is 4. The topological polar surface area (TPSA) is 103 Å². The molecule has 2 saturated heterocycles. The molecule has 0 saturated carbocycles. The minimum atomic E-state index is -0.218. The molecule has 168 valence electrons. The number of hydrogen-bond donors (Lipinski definition) is 2. The van der Waals surface area contributed by atoms with Crippen LogP contribution in [0.3, 0.4) is 0 Å². The molecule has 3 aromatic rings. The first-order valence-electron chi connectivity index (χ1n) is 11.0. The Balaban J connectivity index is 1.46. The molecule has 0 unspecified atom stereocenters. The number of H-pyrrole nitrogens is 1. The van der Waals surface area contributed by atoms with Crippen molar-refractivity contribution in [2.75, 3.05) is 74.6 Å². The van der Waals surface area contributed by atoms with E-state index in [1.165, 1.54) is 6.33 Å². The summed E-state index contributed by atoms with van der Waals surface area (Å²) >= 11 is 0. The quantitative estimate of drug-likeness (QED) is 0.629. The lowest BCUT2D eigenvalue weighted by Gasteiger charge is -2.27. The van der Waals surface area contributed by atoms with Gasteiger partial charge in [-0.2, -0.15) is 0 Å². The Morgan fingerprint density at radius 3 is 2.66 bits per heavy atom. The summed E-state index contributed by atoms with van der Waals surface area (Å²) in [5.74, 6) is 2.23. The molecule has 0 bridgehead atoms. The van der Waals surface area contributed by atoms with Crippen molar-refractivity contribution in [1.29, 1.82) is 0 Å². The number of aromatic amines is 1. The summed E-state index contributed by atoms with van der Waals surface area (Å²) in [7, 11) is 2.14. The summed E-state index contributed by atoms with van der Waals surface area (Å²) in [6, 6.07) is 5.84.